The maximum atomic E-state index is 14.3. The van der Waals surface area contributed by atoms with Crippen molar-refractivity contribution in [2.24, 2.45) is 0 Å². The van der Waals surface area contributed by atoms with E-state index in [9.17, 15) is 9.18 Å². The highest BCUT2D eigenvalue weighted by molar-refractivity contribution is 5.96. The minimum absolute atomic E-state index is 0.160. The number of benzene rings is 1. The molecule has 3 aromatic rings. The van der Waals surface area contributed by atoms with E-state index in [0.717, 1.165) is 41.1 Å². The fraction of sp³-hybridized carbons (Fsp3) is 0.485. The molecular weight excluding hydrogens is 559 g/mol. The number of pyridine rings is 1. The van der Waals surface area contributed by atoms with Gasteiger partial charge in [0.1, 0.15) is 24.1 Å². The second-order valence-corrected chi connectivity index (χ2v) is 12.2. The number of alkyl halides is 1. The van der Waals surface area contributed by atoms with Crippen LogP contribution in [0.2, 0.25) is 0 Å². The van der Waals surface area contributed by atoms with Crippen LogP contribution in [0.1, 0.15) is 29.7 Å². The third-order valence-corrected chi connectivity index (χ3v) is 8.93. The summed E-state index contributed by atoms with van der Waals surface area (Å²) in [7, 11) is 1.90. The molecular formula is C33H39FN8O2. The quantitative estimate of drug-likeness (QED) is 0.257. The summed E-state index contributed by atoms with van der Waals surface area (Å²) in [6, 6.07) is 6.28. The van der Waals surface area contributed by atoms with Gasteiger partial charge in [0.15, 0.2) is 0 Å². The van der Waals surface area contributed by atoms with Crippen molar-refractivity contribution in [1.29, 1.82) is 0 Å². The van der Waals surface area contributed by atoms with E-state index in [-0.39, 0.29) is 24.5 Å². The number of hydrogen-bond donors (Lipinski definition) is 0. The standard InChI is InChI=1S/C33H39FN8O2/c1-5-29(43)42-14-13-41(20-25(42)18-35-3)31-26-9-12-40(28-19-36-17-24-8-6-7-23(2)30(24)28)21-27(26)37-32(38-31)44-16-15-39(4)22-33(34)10-11-33/h5-8,17,19,25H,1,9-16,18,20-22H2,2,4H3/t25-/m0/s1. The Kier molecular flexibility index (Phi) is 8.36. The number of rotatable bonds is 10. The molecule has 3 aliphatic rings. The van der Waals surface area contributed by atoms with E-state index in [2.05, 4.69) is 51.3 Å². The van der Waals surface area contributed by atoms with Crippen molar-refractivity contribution in [2.75, 3.05) is 69.3 Å². The van der Waals surface area contributed by atoms with Gasteiger partial charge in [0.05, 0.1) is 24.1 Å². The highest BCUT2D eigenvalue weighted by Crippen LogP contribution is 2.40. The molecule has 6 rings (SSSR count). The summed E-state index contributed by atoms with van der Waals surface area (Å²) < 4.78 is 20.4. The Morgan fingerprint density at radius 3 is 2.86 bits per heavy atom. The van der Waals surface area contributed by atoms with E-state index in [4.69, 9.17) is 21.3 Å². The van der Waals surface area contributed by atoms with Crippen molar-refractivity contribution in [1.82, 2.24) is 24.8 Å². The zero-order valence-electron chi connectivity index (χ0n) is 25.5. The Labute approximate surface area is 258 Å². The zero-order valence-corrected chi connectivity index (χ0v) is 25.5. The Morgan fingerprint density at radius 2 is 2.09 bits per heavy atom. The Bertz CT molecular complexity index is 1600. The van der Waals surface area contributed by atoms with Crippen molar-refractivity contribution in [2.45, 2.75) is 44.4 Å². The number of halogens is 1. The van der Waals surface area contributed by atoms with Crippen LogP contribution in [-0.2, 0) is 17.8 Å². The lowest BCUT2D eigenvalue weighted by Crippen LogP contribution is -2.56. The molecule has 0 radical (unpaired) electrons. The van der Waals surface area contributed by atoms with Gasteiger partial charge in [-0.15, -0.1) is 0 Å². The van der Waals surface area contributed by atoms with Crippen LogP contribution >= 0.6 is 0 Å². The number of amides is 1. The number of likely N-dealkylation sites (N-methyl/N-ethyl adjacent to an activating group) is 1. The summed E-state index contributed by atoms with van der Waals surface area (Å²) in [6.45, 7) is 17.6. The SMILES string of the molecule is [C-]#[N+]C[C@H]1CN(c2nc(OCCN(C)CC3(F)CC3)nc3c2CCN(c2cncc4cccc(C)c24)C3)CCN1C(=O)C=C. The molecule has 4 heterocycles. The van der Waals surface area contributed by atoms with Crippen LogP contribution in [0.4, 0.5) is 15.9 Å². The number of anilines is 2. The van der Waals surface area contributed by atoms with Crippen LogP contribution in [0.15, 0.2) is 43.2 Å². The van der Waals surface area contributed by atoms with Crippen molar-refractivity contribution in [3.63, 3.8) is 0 Å². The zero-order chi connectivity index (χ0) is 30.8. The van der Waals surface area contributed by atoms with Gasteiger partial charge in [-0.25, -0.2) is 11.0 Å². The second-order valence-electron chi connectivity index (χ2n) is 12.2. The monoisotopic (exact) mass is 598 g/mol. The molecule has 2 aromatic heterocycles. The molecule has 44 heavy (non-hydrogen) atoms. The first kappa shape index (κ1) is 29.8. The molecule has 2 aliphatic heterocycles. The Hall–Kier alpha value is -4.30. The summed E-state index contributed by atoms with van der Waals surface area (Å²) in [4.78, 5) is 38.7. The molecule has 11 heteroatoms. The lowest BCUT2D eigenvalue weighted by molar-refractivity contribution is -0.128. The molecule has 0 unspecified atom stereocenters. The number of piperazine rings is 1. The van der Waals surface area contributed by atoms with Crippen LogP contribution in [0, 0.1) is 13.5 Å². The van der Waals surface area contributed by atoms with Crippen LogP contribution in [0.5, 0.6) is 6.01 Å². The van der Waals surface area contributed by atoms with Gasteiger partial charge in [-0.2, -0.15) is 9.97 Å². The first-order valence-electron chi connectivity index (χ1n) is 15.3. The minimum atomic E-state index is -1.06. The summed E-state index contributed by atoms with van der Waals surface area (Å²) in [5, 5.41) is 2.29. The molecule has 1 atom stereocenters. The van der Waals surface area contributed by atoms with Crippen LogP contribution in [0.3, 0.4) is 0 Å². The first-order valence-corrected chi connectivity index (χ1v) is 15.3. The molecule has 1 saturated carbocycles. The Balaban J connectivity index is 1.29. The predicted molar refractivity (Wildman–Crippen MR) is 169 cm³/mol. The van der Waals surface area contributed by atoms with Gasteiger partial charge in [0.25, 0.3) is 0 Å². The van der Waals surface area contributed by atoms with Gasteiger partial charge >= 0.3 is 6.01 Å². The van der Waals surface area contributed by atoms with Crippen LogP contribution in [0.25, 0.3) is 15.6 Å². The second kappa shape index (κ2) is 12.4. The number of hydrogen-bond acceptors (Lipinski definition) is 8. The van der Waals surface area contributed by atoms with E-state index >= 15 is 0 Å². The number of nitrogens with zero attached hydrogens (tertiary/aromatic N) is 8. The summed E-state index contributed by atoms with van der Waals surface area (Å²) in [5.74, 6) is 0.638. The smallest absolute Gasteiger partial charge is 0.318 e. The van der Waals surface area contributed by atoms with Crippen molar-refractivity contribution < 1.29 is 13.9 Å². The molecule has 1 aromatic carbocycles. The normalized spacial score (nSPS) is 19.1. The van der Waals surface area contributed by atoms with Gasteiger partial charge < -0.3 is 24.3 Å². The van der Waals surface area contributed by atoms with Crippen molar-refractivity contribution >= 4 is 28.2 Å². The highest BCUT2D eigenvalue weighted by atomic mass is 19.1. The Morgan fingerprint density at radius 1 is 1.25 bits per heavy atom. The largest absolute Gasteiger partial charge is 0.462 e. The van der Waals surface area contributed by atoms with E-state index in [0.29, 0.717) is 58.7 Å². The summed E-state index contributed by atoms with van der Waals surface area (Å²) in [6.07, 6.45) is 7.12. The number of carbonyl (C=O) groups is 1. The van der Waals surface area contributed by atoms with Crippen molar-refractivity contribution in [3.8, 4) is 6.01 Å². The number of carbonyl (C=O) groups excluding carboxylic acids is 1. The number of aryl methyl sites for hydroxylation is 1. The van der Waals surface area contributed by atoms with E-state index in [1.54, 1.807) is 4.90 Å². The molecule has 1 amide bonds. The van der Waals surface area contributed by atoms with Crippen molar-refractivity contribution in [3.05, 3.63) is 71.5 Å². The van der Waals surface area contributed by atoms with Gasteiger partial charge in [0.2, 0.25) is 12.5 Å². The van der Waals surface area contributed by atoms with Crippen LogP contribution < -0.4 is 14.5 Å². The molecule has 0 spiro atoms. The average Bonchev–Trinajstić information content (AvgIpc) is 3.75. The predicted octanol–water partition coefficient (Wildman–Crippen LogP) is 3.83. The molecule has 10 nitrogen and oxygen atoms in total. The minimum Gasteiger partial charge on any atom is -0.462 e. The van der Waals surface area contributed by atoms with E-state index < -0.39 is 5.67 Å². The molecule has 2 fully saturated rings. The fourth-order valence-corrected chi connectivity index (χ4v) is 6.43. The first-order chi connectivity index (χ1) is 21.3. The lowest BCUT2D eigenvalue weighted by atomic mass is 10.0. The maximum absolute atomic E-state index is 14.3. The summed E-state index contributed by atoms with van der Waals surface area (Å²) >= 11 is 0. The van der Waals surface area contributed by atoms with Gasteiger partial charge in [0, 0.05) is 61.8 Å². The molecule has 1 aliphatic carbocycles. The van der Waals surface area contributed by atoms with Crippen LogP contribution in [-0.4, -0.2) is 102 Å². The molecule has 0 N–H and O–H groups in total. The van der Waals surface area contributed by atoms with E-state index in [1.165, 1.54) is 17.0 Å². The topological polar surface area (TPSA) is 82.3 Å². The summed E-state index contributed by atoms with van der Waals surface area (Å²) in [5.41, 5.74) is 3.17. The third kappa shape index (κ3) is 6.17. The number of aromatic nitrogens is 3. The van der Waals surface area contributed by atoms with Gasteiger partial charge in [-0.3, -0.25) is 14.7 Å². The number of ether oxygens (including phenoxy) is 1. The van der Waals surface area contributed by atoms with E-state index in [1.807, 2.05) is 24.3 Å². The van der Waals surface area contributed by atoms with Gasteiger partial charge in [-0.05, 0) is 44.9 Å². The molecule has 230 valence electrons. The third-order valence-electron chi connectivity index (χ3n) is 8.93. The number of fused-ring (bicyclic) bond motifs is 2. The highest BCUT2D eigenvalue weighted by Gasteiger charge is 2.43. The molecule has 1 saturated heterocycles. The average molecular weight is 599 g/mol. The fourth-order valence-electron chi connectivity index (χ4n) is 6.43. The lowest BCUT2D eigenvalue weighted by Gasteiger charge is -2.41. The maximum Gasteiger partial charge on any atom is 0.318 e. The molecule has 0 bridgehead atoms. The van der Waals surface area contributed by atoms with Gasteiger partial charge in [-0.1, -0.05) is 24.8 Å².